The van der Waals surface area contributed by atoms with Gasteiger partial charge in [0.15, 0.2) is 0 Å². The Morgan fingerprint density at radius 2 is 1.38 bits per heavy atom. The van der Waals surface area contributed by atoms with Crippen molar-refractivity contribution in [3.05, 3.63) is 82.0 Å². The molecule has 13 nitrogen and oxygen atoms in total. The number of anilines is 2. The maximum Gasteiger partial charge on any atom is 0.200 e. The molecular formula is C49H74Cl2N4O9. The summed E-state index contributed by atoms with van der Waals surface area (Å²) in [5, 5.41) is 80.8. The fourth-order valence-electron chi connectivity index (χ4n) is 10.4. The van der Waals surface area contributed by atoms with Crippen molar-refractivity contribution in [3.8, 4) is 11.5 Å². The van der Waals surface area contributed by atoms with E-state index >= 15 is 0 Å². The molecule has 0 aromatic heterocycles. The second-order valence-electron chi connectivity index (χ2n) is 18.6. The van der Waals surface area contributed by atoms with Gasteiger partial charge in [-0.15, -0.1) is 24.8 Å². The number of ketones is 2. The van der Waals surface area contributed by atoms with Crippen LogP contribution >= 0.6 is 24.8 Å². The van der Waals surface area contributed by atoms with Crippen molar-refractivity contribution in [1.82, 2.24) is 10.6 Å². The van der Waals surface area contributed by atoms with E-state index in [2.05, 4.69) is 53.8 Å². The highest BCUT2D eigenvalue weighted by molar-refractivity contribution is 6.33. The van der Waals surface area contributed by atoms with E-state index in [9.17, 15) is 35.1 Å². The van der Waals surface area contributed by atoms with E-state index in [0.29, 0.717) is 80.7 Å². The lowest BCUT2D eigenvalue weighted by Crippen LogP contribution is -2.36. The minimum atomic E-state index is -0.615. The predicted molar refractivity (Wildman–Crippen MR) is 259 cm³/mol. The minimum Gasteiger partial charge on any atom is -0.507 e. The molecule has 3 saturated carbocycles. The summed E-state index contributed by atoms with van der Waals surface area (Å²) in [6, 6.07) is 5.74. The van der Waals surface area contributed by atoms with Gasteiger partial charge >= 0.3 is 0 Å². The van der Waals surface area contributed by atoms with Crippen LogP contribution < -0.4 is 21.3 Å². The van der Waals surface area contributed by atoms with Gasteiger partial charge in [-0.3, -0.25) is 9.59 Å². The number of aliphatic hydroxyl groups is 5. The third-order valence-electron chi connectivity index (χ3n) is 13.5. The van der Waals surface area contributed by atoms with Crippen molar-refractivity contribution < 1.29 is 45.3 Å². The molecule has 0 spiro atoms. The lowest BCUT2D eigenvalue weighted by Gasteiger charge is -2.44. The highest BCUT2D eigenvalue weighted by Crippen LogP contribution is 2.60. The highest BCUT2D eigenvalue weighted by Gasteiger charge is 2.50. The maximum atomic E-state index is 13.4. The third-order valence-corrected chi connectivity index (χ3v) is 13.5. The van der Waals surface area contributed by atoms with Gasteiger partial charge in [0.25, 0.3) is 0 Å². The first-order valence-corrected chi connectivity index (χ1v) is 22.6. The first-order chi connectivity index (χ1) is 29.5. The van der Waals surface area contributed by atoms with E-state index in [1.54, 1.807) is 17.7 Å². The van der Waals surface area contributed by atoms with Crippen molar-refractivity contribution >= 4 is 47.8 Å². The minimum absolute atomic E-state index is 0. The third kappa shape index (κ3) is 13.3. The van der Waals surface area contributed by atoms with Crippen molar-refractivity contribution in [2.45, 2.75) is 110 Å². The van der Waals surface area contributed by atoms with Crippen LogP contribution in [-0.2, 0) is 0 Å². The van der Waals surface area contributed by atoms with E-state index in [4.69, 9.17) is 10.2 Å². The molecule has 64 heavy (non-hydrogen) atoms. The van der Waals surface area contributed by atoms with E-state index in [1.165, 1.54) is 50.7 Å². The molecule has 0 radical (unpaired) electrons. The summed E-state index contributed by atoms with van der Waals surface area (Å²) in [6.07, 6.45) is 13.9. The molecule has 6 rings (SSSR count). The number of hydrogen-bond acceptors (Lipinski definition) is 13. The average Bonchev–Trinajstić information content (AvgIpc) is 3.58. The molecule has 0 aliphatic heterocycles. The lowest BCUT2D eigenvalue weighted by atomic mass is 9.60. The first kappa shape index (κ1) is 54.8. The van der Waals surface area contributed by atoms with Gasteiger partial charge in [-0.1, -0.05) is 51.0 Å². The molecule has 0 bridgehead atoms. The Kier molecular flexibility index (Phi) is 21.3. The molecule has 0 unspecified atom stereocenters. The van der Waals surface area contributed by atoms with Crippen molar-refractivity contribution in [2.75, 3.05) is 63.1 Å². The fraction of sp³-hybridized carbons (Fsp3) is 0.592. The Bertz CT molecular complexity index is 1890. The molecule has 2 aromatic carbocycles. The van der Waals surface area contributed by atoms with Crippen molar-refractivity contribution in [1.29, 1.82) is 0 Å². The number of phenolic OH excluding ortho intramolecular Hbond substituents is 2. The number of carbonyl (C=O) groups is 2. The predicted octanol–water partition coefficient (Wildman–Crippen LogP) is 6.41. The van der Waals surface area contributed by atoms with Crippen LogP contribution in [0.25, 0.3) is 0 Å². The van der Waals surface area contributed by atoms with Crippen molar-refractivity contribution in [3.63, 3.8) is 0 Å². The topological polar surface area (TPSA) is 224 Å². The first-order valence-electron chi connectivity index (χ1n) is 22.6. The number of nitrogens with one attached hydrogen (secondary N) is 4. The normalized spacial score (nSPS) is 24.4. The van der Waals surface area contributed by atoms with Crippen LogP contribution in [0.5, 0.6) is 11.5 Å². The zero-order valence-electron chi connectivity index (χ0n) is 38.0. The zero-order valence-corrected chi connectivity index (χ0v) is 39.7. The van der Waals surface area contributed by atoms with Crippen LogP contribution in [0.4, 0.5) is 11.4 Å². The number of hydrogen-bond donors (Lipinski definition) is 11. The van der Waals surface area contributed by atoms with Crippen LogP contribution in [-0.4, -0.2) is 118 Å². The average molecular weight is 934 g/mol. The van der Waals surface area contributed by atoms with Gasteiger partial charge in [-0.05, 0) is 117 Å². The summed E-state index contributed by atoms with van der Waals surface area (Å²) >= 11 is 0. The number of aliphatic hydroxyl groups excluding tert-OH is 4. The van der Waals surface area contributed by atoms with Gasteiger partial charge < -0.3 is 57.0 Å². The molecule has 6 atom stereocenters. The number of carbonyl (C=O) groups excluding carboxylic acids is 2. The molecule has 11 N–H and O–H groups in total. The molecule has 0 heterocycles. The van der Waals surface area contributed by atoms with Crippen molar-refractivity contribution in [2.24, 2.45) is 23.2 Å². The largest absolute Gasteiger partial charge is 0.507 e. The summed E-state index contributed by atoms with van der Waals surface area (Å²) in [6.45, 7) is 15.6. The molecular weight excluding hydrogens is 859 g/mol. The van der Waals surface area contributed by atoms with E-state index in [-0.39, 0.29) is 71.8 Å². The molecule has 2 aromatic rings. The van der Waals surface area contributed by atoms with Gasteiger partial charge in [-0.25, -0.2) is 0 Å². The number of benzene rings is 2. The Morgan fingerprint density at radius 1 is 0.828 bits per heavy atom. The fourth-order valence-corrected chi connectivity index (χ4v) is 10.4. The SMILES string of the molecule is C=C1/C(=C\C=C2/CCC[C@]3(C)[C@@H]([C@H](C)CCCC(C)(C)O)CC[C@@H]23)C[C@@H](O)C[C@@H]1O.Cl.Cl.O=C1c2c(O)ccc(O)c2C(=O)c2c(NCCNCCO)ccc(NCCNCCO)c21. The molecule has 0 saturated heterocycles. The Balaban J connectivity index is 0.000000331. The number of phenols is 2. The summed E-state index contributed by atoms with van der Waals surface area (Å²) in [4.78, 5) is 26.7. The van der Waals surface area contributed by atoms with Crippen LogP contribution in [0.3, 0.4) is 0 Å². The molecule has 4 aliphatic carbocycles. The summed E-state index contributed by atoms with van der Waals surface area (Å²) in [7, 11) is 0. The lowest BCUT2D eigenvalue weighted by molar-refractivity contribution is 0.0596. The van der Waals surface area contributed by atoms with Gasteiger partial charge in [-0.2, -0.15) is 0 Å². The number of aromatic hydroxyl groups is 2. The van der Waals surface area contributed by atoms with E-state index in [1.807, 2.05) is 13.8 Å². The zero-order chi connectivity index (χ0) is 45.2. The second kappa shape index (κ2) is 24.9. The molecule has 3 fully saturated rings. The Labute approximate surface area is 391 Å². The molecule has 4 aliphatic rings. The quantitative estimate of drug-likeness (QED) is 0.0491. The number of halogens is 2. The Morgan fingerprint density at radius 3 is 1.89 bits per heavy atom. The smallest absolute Gasteiger partial charge is 0.200 e. The van der Waals surface area contributed by atoms with Crippen LogP contribution in [0.1, 0.15) is 124 Å². The maximum absolute atomic E-state index is 13.4. The van der Waals surface area contributed by atoms with Gasteiger partial charge in [0.2, 0.25) is 11.6 Å². The Hall–Kier alpha value is -3.50. The molecule has 15 heteroatoms. The van der Waals surface area contributed by atoms with Gasteiger partial charge in [0, 0.05) is 57.1 Å². The highest BCUT2D eigenvalue weighted by atomic mass is 35.5. The number of allylic oxidation sites excluding steroid dienone is 3. The standard InChI is InChI=1S/C27H44O3.C22H28N4O6.2ClH/c1-18(8-6-14-26(3,4)30)23-12-13-24-20(9-7-15-27(23,24)5)10-11-21-16-22(28)17-25(29)19(21)2;27-11-9-23-5-7-25-13-1-2-14(26-8-6-24-10-12-28)18-17(13)21(31)19-15(29)3-4-16(30)20(19)22(18)32;;/h10-11,18,22-25,28-30H,2,6-9,12-17H2,1,3-5H3;1-4,23-30H,5-12H2;2*1H/b20-10+,21-11-;;;/t18-,22-,23-,24+,25+,27-;;;/m1.../s1. The van der Waals surface area contributed by atoms with Crippen LogP contribution in [0, 0.1) is 23.2 Å². The summed E-state index contributed by atoms with van der Waals surface area (Å²) in [5.41, 5.74) is 3.85. The monoisotopic (exact) mass is 932 g/mol. The van der Waals surface area contributed by atoms with Crippen LogP contribution in [0.15, 0.2) is 59.7 Å². The summed E-state index contributed by atoms with van der Waals surface area (Å²) < 4.78 is 0. The van der Waals surface area contributed by atoms with E-state index < -0.39 is 29.4 Å². The van der Waals surface area contributed by atoms with E-state index in [0.717, 1.165) is 29.9 Å². The second-order valence-corrected chi connectivity index (χ2v) is 18.6. The van der Waals surface area contributed by atoms with Crippen LogP contribution in [0.2, 0.25) is 0 Å². The van der Waals surface area contributed by atoms with Gasteiger partial charge in [0.1, 0.15) is 11.5 Å². The number of fused-ring (bicyclic) bond motifs is 3. The number of rotatable bonds is 18. The molecule has 358 valence electrons. The molecule has 0 amide bonds. The summed E-state index contributed by atoms with van der Waals surface area (Å²) in [5.74, 6) is 0.244. The van der Waals surface area contributed by atoms with Gasteiger partial charge in [0.05, 0.1) is 53.3 Å².